The van der Waals surface area contributed by atoms with E-state index >= 15 is 0 Å². The van der Waals surface area contributed by atoms with Crippen molar-refractivity contribution in [2.75, 3.05) is 0 Å². The van der Waals surface area contributed by atoms with E-state index in [1.54, 1.807) is 42.5 Å². The first-order chi connectivity index (χ1) is 11.1. The molecule has 0 saturated carbocycles. The lowest BCUT2D eigenvalue weighted by molar-refractivity contribution is -0.384. The number of nitro groups is 1. The van der Waals surface area contributed by atoms with Crippen LogP contribution < -0.4 is 5.43 Å². The zero-order valence-electron chi connectivity index (χ0n) is 11.8. The number of nitro benzene ring substituents is 1. The van der Waals surface area contributed by atoms with Crippen LogP contribution in [0, 0.1) is 10.1 Å². The van der Waals surface area contributed by atoms with Crippen molar-refractivity contribution in [2.45, 2.75) is 0 Å². The van der Waals surface area contributed by atoms with Gasteiger partial charge in [0.15, 0.2) is 0 Å². The standard InChI is InChI=1S/C16H12BrN3O3/c17-15-9-2-1-8-14(15)16(21)19-18-10-4-6-12-5-3-7-13(11-12)20(22)23/h1-11H,(H,19,21)/b6-4+,18-10-. The number of hydrogen-bond donors (Lipinski definition) is 1. The number of rotatable bonds is 5. The maximum atomic E-state index is 11.9. The maximum absolute atomic E-state index is 11.9. The molecule has 0 aliphatic rings. The first kappa shape index (κ1) is 16.6. The van der Waals surface area contributed by atoms with E-state index in [9.17, 15) is 14.9 Å². The number of hydrazone groups is 1. The minimum absolute atomic E-state index is 0.0197. The fraction of sp³-hybridized carbons (Fsp3) is 0. The Bertz CT molecular complexity index is 788. The summed E-state index contributed by atoms with van der Waals surface area (Å²) in [5.41, 5.74) is 3.56. The van der Waals surface area contributed by atoms with Crippen LogP contribution in [0.25, 0.3) is 6.08 Å². The van der Waals surface area contributed by atoms with Gasteiger partial charge in [0.25, 0.3) is 11.6 Å². The van der Waals surface area contributed by atoms with Crippen LogP contribution in [-0.4, -0.2) is 17.0 Å². The number of hydrogen-bond acceptors (Lipinski definition) is 4. The van der Waals surface area contributed by atoms with Crippen molar-refractivity contribution in [3.8, 4) is 0 Å². The van der Waals surface area contributed by atoms with Gasteiger partial charge in [0.2, 0.25) is 0 Å². The summed E-state index contributed by atoms with van der Waals surface area (Å²) in [6.45, 7) is 0. The molecular weight excluding hydrogens is 362 g/mol. The molecule has 0 atom stereocenters. The number of carbonyl (C=O) groups is 1. The Labute approximate surface area is 140 Å². The minimum atomic E-state index is -0.455. The lowest BCUT2D eigenvalue weighted by Crippen LogP contribution is -2.17. The van der Waals surface area contributed by atoms with Crippen LogP contribution in [0.3, 0.4) is 0 Å². The molecule has 23 heavy (non-hydrogen) atoms. The molecule has 0 aliphatic heterocycles. The van der Waals surface area contributed by atoms with Crippen LogP contribution in [0.5, 0.6) is 0 Å². The topological polar surface area (TPSA) is 84.6 Å². The Morgan fingerprint density at radius 1 is 1.22 bits per heavy atom. The number of carbonyl (C=O) groups excluding carboxylic acids is 1. The molecule has 0 heterocycles. The van der Waals surface area contributed by atoms with E-state index in [1.807, 2.05) is 6.07 Å². The third-order valence-electron chi connectivity index (χ3n) is 2.81. The molecule has 2 aromatic rings. The third kappa shape index (κ3) is 4.86. The molecule has 1 amide bonds. The molecule has 116 valence electrons. The molecule has 0 unspecified atom stereocenters. The first-order valence-corrected chi connectivity index (χ1v) is 7.36. The number of benzene rings is 2. The number of halogens is 1. The summed E-state index contributed by atoms with van der Waals surface area (Å²) in [6, 6.07) is 13.2. The quantitative estimate of drug-likeness (QED) is 0.491. The van der Waals surface area contributed by atoms with Crippen molar-refractivity contribution in [3.63, 3.8) is 0 Å². The second-order valence-corrected chi connectivity index (χ2v) is 5.26. The van der Waals surface area contributed by atoms with Crippen molar-refractivity contribution < 1.29 is 9.72 Å². The van der Waals surface area contributed by atoms with E-state index in [1.165, 1.54) is 18.3 Å². The number of nitrogens with zero attached hydrogens (tertiary/aromatic N) is 2. The third-order valence-corrected chi connectivity index (χ3v) is 3.51. The van der Waals surface area contributed by atoms with Crippen LogP contribution in [0.15, 0.2) is 64.2 Å². The van der Waals surface area contributed by atoms with Gasteiger partial charge in [-0.1, -0.05) is 30.3 Å². The molecule has 0 saturated heterocycles. The summed E-state index contributed by atoms with van der Waals surface area (Å²) < 4.78 is 0.680. The maximum Gasteiger partial charge on any atom is 0.272 e. The Morgan fingerprint density at radius 3 is 2.74 bits per heavy atom. The fourth-order valence-corrected chi connectivity index (χ4v) is 2.21. The molecule has 0 bridgehead atoms. The van der Waals surface area contributed by atoms with Crippen molar-refractivity contribution in [2.24, 2.45) is 5.10 Å². The van der Waals surface area contributed by atoms with Gasteiger partial charge in [0.1, 0.15) is 0 Å². The van der Waals surface area contributed by atoms with Crippen LogP contribution in [0.1, 0.15) is 15.9 Å². The predicted octanol–water partition coefficient (Wildman–Crippen LogP) is 3.79. The SMILES string of the molecule is O=C(N/N=C\C=C\c1cccc([N+](=O)[O-])c1)c1ccccc1Br. The molecule has 7 heteroatoms. The summed E-state index contributed by atoms with van der Waals surface area (Å²) >= 11 is 3.29. The Morgan fingerprint density at radius 2 is 2.00 bits per heavy atom. The lowest BCUT2D eigenvalue weighted by Gasteiger charge is -2.01. The second-order valence-electron chi connectivity index (χ2n) is 4.41. The van der Waals surface area contributed by atoms with Gasteiger partial charge in [-0.05, 0) is 39.7 Å². The Balaban J connectivity index is 1.94. The highest BCUT2D eigenvalue weighted by Crippen LogP contribution is 2.15. The van der Waals surface area contributed by atoms with Gasteiger partial charge in [-0.25, -0.2) is 5.43 Å². The van der Waals surface area contributed by atoms with Crippen molar-refractivity contribution in [1.82, 2.24) is 5.43 Å². The van der Waals surface area contributed by atoms with Gasteiger partial charge < -0.3 is 0 Å². The van der Waals surface area contributed by atoms with Gasteiger partial charge >= 0.3 is 0 Å². The van der Waals surface area contributed by atoms with E-state index < -0.39 is 4.92 Å². The molecule has 0 radical (unpaired) electrons. The molecule has 2 aromatic carbocycles. The van der Waals surface area contributed by atoms with Crippen molar-refractivity contribution in [1.29, 1.82) is 0 Å². The molecule has 6 nitrogen and oxygen atoms in total. The highest BCUT2D eigenvalue weighted by atomic mass is 79.9. The van der Waals surface area contributed by atoms with Gasteiger partial charge in [0, 0.05) is 22.8 Å². The summed E-state index contributed by atoms with van der Waals surface area (Å²) in [7, 11) is 0. The Hall–Kier alpha value is -2.80. The molecule has 0 fully saturated rings. The number of allylic oxidation sites excluding steroid dienone is 1. The van der Waals surface area contributed by atoms with Gasteiger partial charge in [-0.2, -0.15) is 5.10 Å². The fourth-order valence-electron chi connectivity index (χ4n) is 1.74. The van der Waals surface area contributed by atoms with E-state index in [2.05, 4.69) is 26.5 Å². The van der Waals surface area contributed by atoms with Gasteiger partial charge in [-0.3, -0.25) is 14.9 Å². The highest BCUT2D eigenvalue weighted by Gasteiger charge is 2.07. The average Bonchev–Trinajstić information content (AvgIpc) is 2.55. The first-order valence-electron chi connectivity index (χ1n) is 6.57. The number of amides is 1. The minimum Gasteiger partial charge on any atom is -0.267 e. The van der Waals surface area contributed by atoms with Gasteiger partial charge in [-0.15, -0.1) is 0 Å². The predicted molar refractivity (Wildman–Crippen MR) is 92.2 cm³/mol. The number of non-ortho nitro benzene ring substituents is 1. The molecule has 0 aromatic heterocycles. The molecule has 2 rings (SSSR count). The van der Waals surface area contributed by atoms with Gasteiger partial charge in [0.05, 0.1) is 10.5 Å². The normalized spacial score (nSPS) is 11.0. The van der Waals surface area contributed by atoms with Crippen LogP contribution in [0.2, 0.25) is 0 Å². The van der Waals surface area contributed by atoms with Crippen LogP contribution in [0.4, 0.5) is 5.69 Å². The largest absolute Gasteiger partial charge is 0.272 e. The highest BCUT2D eigenvalue weighted by molar-refractivity contribution is 9.10. The Kier molecular flexibility index (Phi) is 5.76. The van der Waals surface area contributed by atoms with E-state index in [-0.39, 0.29) is 11.6 Å². The monoisotopic (exact) mass is 373 g/mol. The number of nitrogens with one attached hydrogen (secondary N) is 1. The molecule has 1 N–H and O–H groups in total. The summed E-state index contributed by atoms with van der Waals surface area (Å²) in [4.78, 5) is 22.1. The van der Waals surface area contributed by atoms with E-state index in [0.717, 1.165) is 0 Å². The zero-order valence-corrected chi connectivity index (χ0v) is 13.4. The smallest absolute Gasteiger partial charge is 0.267 e. The second kappa shape index (κ2) is 8.00. The summed E-state index contributed by atoms with van der Waals surface area (Å²) in [6.07, 6.45) is 4.63. The lowest BCUT2D eigenvalue weighted by atomic mass is 10.2. The molecule has 0 spiro atoms. The van der Waals surface area contributed by atoms with Crippen LogP contribution in [-0.2, 0) is 0 Å². The van der Waals surface area contributed by atoms with Crippen molar-refractivity contribution in [3.05, 3.63) is 80.3 Å². The van der Waals surface area contributed by atoms with E-state index in [4.69, 9.17) is 0 Å². The molecule has 0 aliphatic carbocycles. The zero-order chi connectivity index (χ0) is 16.7. The van der Waals surface area contributed by atoms with E-state index in [0.29, 0.717) is 15.6 Å². The summed E-state index contributed by atoms with van der Waals surface area (Å²) in [5, 5.41) is 14.5. The average molecular weight is 374 g/mol. The summed E-state index contributed by atoms with van der Waals surface area (Å²) in [5.74, 6) is -0.336. The van der Waals surface area contributed by atoms with Crippen molar-refractivity contribution >= 4 is 39.8 Å². The van der Waals surface area contributed by atoms with Crippen LogP contribution >= 0.6 is 15.9 Å². The molecular formula is C16H12BrN3O3.